The Bertz CT molecular complexity index is 733. The number of aromatic nitrogens is 1. The van der Waals surface area contributed by atoms with Crippen molar-refractivity contribution in [1.29, 1.82) is 0 Å². The van der Waals surface area contributed by atoms with E-state index in [2.05, 4.69) is 16.4 Å². The van der Waals surface area contributed by atoms with Gasteiger partial charge in [0.05, 0.1) is 15.2 Å². The molecule has 2 nitrogen and oxygen atoms in total. The maximum Gasteiger partial charge on any atom is 0.130 e. The molecule has 0 fully saturated rings. The summed E-state index contributed by atoms with van der Waals surface area (Å²) in [5, 5.41) is 4.23. The van der Waals surface area contributed by atoms with E-state index in [1.807, 2.05) is 37.4 Å². The van der Waals surface area contributed by atoms with Crippen molar-refractivity contribution in [2.75, 3.05) is 7.05 Å². The van der Waals surface area contributed by atoms with Crippen LogP contribution in [0, 0.1) is 12.7 Å². The molecule has 1 N–H and O–H groups in total. The first kappa shape index (κ1) is 14.2. The van der Waals surface area contributed by atoms with Crippen molar-refractivity contribution in [2.45, 2.75) is 19.4 Å². The Morgan fingerprint density at radius 3 is 2.76 bits per heavy atom. The van der Waals surface area contributed by atoms with Gasteiger partial charge >= 0.3 is 0 Å². The predicted octanol–water partition coefficient (Wildman–Crippen LogP) is 4.25. The molecule has 0 spiro atoms. The summed E-state index contributed by atoms with van der Waals surface area (Å²) < 4.78 is 15.5. The molecular formula is C17H17FN2S. The van der Waals surface area contributed by atoms with Crippen LogP contribution in [0.5, 0.6) is 0 Å². The Kier molecular flexibility index (Phi) is 3.99. The molecule has 0 saturated carbocycles. The lowest BCUT2D eigenvalue weighted by atomic mass is 10.0. The van der Waals surface area contributed by atoms with E-state index >= 15 is 0 Å². The van der Waals surface area contributed by atoms with E-state index in [9.17, 15) is 4.39 Å². The highest BCUT2D eigenvalue weighted by Gasteiger charge is 2.17. The van der Waals surface area contributed by atoms with Crippen LogP contribution >= 0.6 is 11.3 Å². The Morgan fingerprint density at radius 2 is 2.00 bits per heavy atom. The summed E-state index contributed by atoms with van der Waals surface area (Å²) in [6.07, 6.45) is 0.691. The number of nitrogens with one attached hydrogen (secondary N) is 1. The molecule has 0 aliphatic carbocycles. The first-order valence-corrected chi connectivity index (χ1v) is 7.77. The second-order valence-corrected chi connectivity index (χ2v) is 6.21. The van der Waals surface area contributed by atoms with Gasteiger partial charge in [-0.15, -0.1) is 11.3 Å². The van der Waals surface area contributed by atoms with E-state index in [1.54, 1.807) is 24.3 Å². The Balaban J connectivity index is 1.92. The summed E-state index contributed by atoms with van der Waals surface area (Å²) >= 11 is 1.67. The van der Waals surface area contributed by atoms with Crippen LogP contribution in [0.4, 0.5) is 4.39 Å². The van der Waals surface area contributed by atoms with Crippen molar-refractivity contribution in [1.82, 2.24) is 10.3 Å². The first-order valence-electron chi connectivity index (χ1n) is 6.95. The summed E-state index contributed by atoms with van der Waals surface area (Å²) in [4.78, 5) is 4.63. The summed E-state index contributed by atoms with van der Waals surface area (Å²) in [7, 11) is 1.86. The van der Waals surface area contributed by atoms with Crippen molar-refractivity contribution in [2.24, 2.45) is 0 Å². The topological polar surface area (TPSA) is 24.9 Å². The highest BCUT2D eigenvalue weighted by atomic mass is 32.1. The van der Waals surface area contributed by atoms with E-state index in [4.69, 9.17) is 0 Å². The van der Waals surface area contributed by atoms with Crippen molar-refractivity contribution in [3.05, 3.63) is 64.4 Å². The molecule has 3 rings (SSSR count). The first-order chi connectivity index (χ1) is 10.2. The van der Waals surface area contributed by atoms with E-state index < -0.39 is 0 Å². The quantitative estimate of drug-likeness (QED) is 0.779. The molecule has 0 radical (unpaired) electrons. The van der Waals surface area contributed by atoms with Crippen LogP contribution in [-0.2, 0) is 6.42 Å². The number of aryl methyl sites for hydroxylation is 1. The number of hydrogen-bond acceptors (Lipinski definition) is 3. The average molecular weight is 300 g/mol. The Morgan fingerprint density at radius 1 is 1.19 bits per heavy atom. The highest BCUT2D eigenvalue weighted by Crippen LogP contribution is 2.27. The normalized spacial score (nSPS) is 12.7. The third-order valence-electron chi connectivity index (χ3n) is 3.66. The molecule has 1 heterocycles. The van der Waals surface area contributed by atoms with Crippen LogP contribution in [0.2, 0.25) is 0 Å². The lowest BCUT2D eigenvalue weighted by Gasteiger charge is -2.17. The van der Waals surface area contributed by atoms with Gasteiger partial charge in [-0.3, -0.25) is 0 Å². The van der Waals surface area contributed by atoms with Crippen LogP contribution in [-0.4, -0.2) is 12.0 Å². The lowest BCUT2D eigenvalue weighted by Crippen LogP contribution is -2.20. The minimum absolute atomic E-state index is 0.0644. The van der Waals surface area contributed by atoms with Crippen molar-refractivity contribution in [3.8, 4) is 0 Å². The monoisotopic (exact) mass is 300 g/mol. The van der Waals surface area contributed by atoms with E-state index in [0.717, 1.165) is 10.5 Å². The van der Waals surface area contributed by atoms with Crippen LogP contribution in [0.25, 0.3) is 10.2 Å². The molecule has 4 heteroatoms. The minimum Gasteiger partial charge on any atom is -0.313 e. The molecule has 2 aromatic carbocycles. The van der Waals surface area contributed by atoms with Gasteiger partial charge in [0.25, 0.3) is 0 Å². The van der Waals surface area contributed by atoms with Gasteiger partial charge in [-0.05, 0) is 31.7 Å². The number of hydrogen-bond donors (Lipinski definition) is 1. The standard InChI is InChI=1S/C17H17FN2S/c1-11-6-5-7-12(17(11)18)14(19-2)10-16-20-13-8-3-4-9-15(13)21-16/h3-9,14,19H,10H2,1-2H3. The zero-order valence-corrected chi connectivity index (χ0v) is 12.9. The smallest absolute Gasteiger partial charge is 0.130 e. The van der Waals surface area contributed by atoms with Gasteiger partial charge in [0.1, 0.15) is 5.82 Å². The number of nitrogens with zero attached hydrogens (tertiary/aromatic N) is 1. The van der Waals surface area contributed by atoms with Gasteiger partial charge in [-0.2, -0.15) is 0 Å². The molecule has 0 bridgehead atoms. The number of fused-ring (bicyclic) bond motifs is 1. The molecule has 1 aromatic heterocycles. The largest absolute Gasteiger partial charge is 0.313 e. The fourth-order valence-corrected chi connectivity index (χ4v) is 3.50. The maximum absolute atomic E-state index is 14.3. The molecule has 0 saturated heterocycles. The van der Waals surface area contributed by atoms with Crippen molar-refractivity contribution >= 4 is 21.6 Å². The highest BCUT2D eigenvalue weighted by molar-refractivity contribution is 7.18. The molecular weight excluding hydrogens is 283 g/mol. The van der Waals surface area contributed by atoms with E-state index in [-0.39, 0.29) is 11.9 Å². The molecule has 0 aliphatic rings. The van der Waals surface area contributed by atoms with Gasteiger partial charge in [0.2, 0.25) is 0 Å². The van der Waals surface area contributed by atoms with Gasteiger partial charge in [0, 0.05) is 18.0 Å². The van der Waals surface area contributed by atoms with Gasteiger partial charge in [-0.25, -0.2) is 9.37 Å². The lowest BCUT2D eigenvalue weighted by molar-refractivity contribution is 0.529. The second kappa shape index (κ2) is 5.92. The average Bonchev–Trinajstić information content (AvgIpc) is 2.90. The molecule has 3 aromatic rings. The molecule has 108 valence electrons. The number of likely N-dealkylation sites (N-methyl/N-ethyl adjacent to an activating group) is 1. The van der Waals surface area contributed by atoms with Crippen LogP contribution in [0.1, 0.15) is 22.2 Å². The van der Waals surface area contributed by atoms with E-state index in [1.165, 1.54) is 4.70 Å². The summed E-state index contributed by atoms with van der Waals surface area (Å²) in [6.45, 7) is 1.79. The summed E-state index contributed by atoms with van der Waals surface area (Å²) in [6, 6.07) is 13.6. The minimum atomic E-state index is -0.127. The predicted molar refractivity (Wildman–Crippen MR) is 86.3 cm³/mol. The third-order valence-corrected chi connectivity index (χ3v) is 4.72. The van der Waals surface area contributed by atoms with Crippen LogP contribution < -0.4 is 5.32 Å². The maximum atomic E-state index is 14.3. The molecule has 21 heavy (non-hydrogen) atoms. The summed E-state index contributed by atoms with van der Waals surface area (Å²) in [5.41, 5.74) is 2.39. The van der Waals surface area contributed by atoms with E-state index in [0.29, 0.717) is 17.5 Å². The Labute approximate surface area is 127 Å². The molecule has 1 atom stereocenters. The van der Waals surface area contributed by atoms with Crippen LogP contribution in [0.15, 0.2) is 42.5 Å². The molecule has 0 amide bonds. The van der Waals surface area contributed by atoms with Gasteiger partial charge < -0.3 is 5.32 Å². The zero-order chi connectivity index (χ0) is 14.8. The number of benzene rings is 2. The fraction of sp³-hybridized carbons (Fsp3) is 0.235. The van der Waals surface area contributed by atoms with Crippen LogP contribution in [0.3, 0.4) is 0 Å². The fourth-order valence-electron chi connectivity index (χ4n) is 2.49. The van der Waals surface area contributed by atoms with Gasteiger partial charge in [0.15, 0.2) is 0 Å². The molecule has 0 aliphatic heterocycles. The Hall–Kier alpha value is -1.78. The number of rotatable bonds is 4. The third kappa shape index (κ3) is 2.82. The number of thiazole rings is 1. The summed E-state index contributed by atoms with van der Waals surface area (Å²) in [5.74, 6) is -0.127. The SMILES string of the molecule is CNC(Cc1nc2ccccc2s1)c1cccc(C)c1F. The zero-order valence-electron chi connectivity index (χ0n) is 12.1. The van der Waals surface area contributed by atoms with Crippen molar-refractivity contribution in [3.63, 3.8) is 0 Å². The molecule has 1 unspecified atom stereocenters. The van der Waals surface area contributed by atoms with Gasteiger partial charge in [-0.1, -0.05) is 30.3 Å². The number of halogens is 1. The number of para-hydroxylation sites is 1. The van der Waals surface area contributed by atoms with Crippen molar-refractivity contribution < 1.29 is 4.39 Å². The second-order valence-electron chi connectivity index (χ2n) is 5.10.